The third kappa shape index (κ3) is 5.66. The molecule has 2 heteroatoms. The molecular formula is C56H37NO. The van der Waals surface area contributed by atoms with Crippen LogP contribution in [-0.4, -0.2) is 0 Å². The van der Waals surface area contributed by atoms with Gasteiger partial charge in [0.2, 0.25) is 0 Å². The van der Waals surface area contributed by atoms with Gasteiger partial charge < -0.3 is 9.32 Å². The van der Waals surface area contributed by atoms with Crippen LogP contribution in [-0.2, 0) is 0 Å². The first-order chi connectivity index (χ1) is 28.8. The first-order valence-corrected chi connectivity index (χ1v) is 19.8. The fourth-order valence-electron chi connectivity index (χ4n) is 8.81. The maximum atomic E-state index is 6.70. The Morgan fingerprint density at radius 3 is 1.57 bits per heavy atom. The molecule has 0 amide bonds. The van der Waals surface area contributed by atoms with E-state index in [9.17, 15) is 0 Å². The summed E-state index contributed by atoms with van der Waals surface area (Å²) in [6.07, 6.45) is 0. The van der Waals surface area contributed by atoms with Crippen molar-refractivity contribution >= 4 is 60.5 Å². The van der Waals surface area contributed by atoms with Crippen molar-refractivity contribution in [2.75, 3.05) is 4.90 Å². The molecule has 0 radical (unpaired) electrons. The van der Waals surface area contributed by atoms with Crippen LogP contribution in [0.25, 0.3) is 88.0 Å². The molecule has 0 atom stereocenters. The maximum Gasteiger partial charge on any atom is 0.143 e. The van der Waals surface area contributed by atoms with Crippen molar-refractivity contribution in [2.45, 2.75) is 0 Å². The summed E-state index contributed by atoms with van der Waals surface area (Å²) in [5.74, 6) is 0. The lowest BCUT2D eigenvalue weighted by Crippen LogP contribution is -2.14. The Labute approximate surface area is 337 Å². The molecular weight excluding hydrogens is 703 g/mol. The summed E-state index contributed by atoms with van der Waals surface area (Å²) in [4.78, 5) is 2.48. The summed E-state index contributed by atoms with van der Waals surface area (Å²) < 4.78 is 6.70. The third-order valence-electron chi connectivity index (χ3n) is 11.5. The van der Waals surface area contributed by atoms with Crippen LogP contribution in [0.5, 0.6) is 0 Å². The minimum atomic E-state index is 0.882. The van der Waals surface area contributed by atoms with Crippen molar-refractivity contribution < 1.29 is 4.42 Å². The SMILES string of the molecule is c1ccc(-c2ccccc2N(c2cc(-c3cc4ccccc4c4ccccc34)ccc2-c2ccccc2)c2ccccc2-c2cccc3c2oc2ccccc23)cc1. The van der Waals surface area contributed by atoms with Crippen molar-refractivity contribution in [3.8, 4) is 44.5 Å². The van der Waals surface area contributed by atoms with Crippen LogP contribution >= 0.6 is 0 Å². The lowest BCUT2D eigenvalue weighted by Gasteiger charge is -2.32. The highest BCUT2D eigenvalue weighted by atomic mass is 16.3. The Kier molecular flexibility index (Phi) is 8.19. The normalized spacial score (nSPS) is 11.4. The van der Waals surface area contributed by atoms with Gasteiger partial charge in [-0.25, -0.2) is 0 Å². The monoisotopic (exact) mass is 739 g/mol. The Bertz CT molecular complexity index is 3290. The van der Waals surface area contributed by atoms with Gasteiger partial charge in [-0.2, -0.15) is 0 Å². The van der Waals surface area contributed by atoms with Crippen LogP contribution in [0.15, 0.2) is 229 Å². The highest BCUT2D eigenvalue weighted by Crippen LogP contribution is 2.50. The predicted octanol–water partition coefficient (Wildman–Crippen LogP) is 16.0. The summed E-state index contributed by atoms with van der Waals surface area (Å²) in [5.41, 5.74) is 14.0. The molecule has 10 aromatic carbocycles. The number of hydrogen-bond donors (Lipinski definition) is 0. The Hall–Kier alpha value is -7.68. The van der Waals surface area contributed by atoms with Gasteiger partial charge in [0.05, 0.1) is 17.1 Å². The molecule has 0 N–H and O–H groups in total. The number of hydrogen-bond acceptors (Lipinski definition) is 2. The number of benzene rings is 10. The molecule has 0 spiro atoms. The molecule has 272 valence electrons. The third-order valence-corrected chi connectivity index (χ3v) is 11.5. The van der Waals surface area contributed by atoms with Crippen LogP contribution in [0, 0.1) is 0 Å². The van der Waals surface area contributed by atoms with E-state index < -0.39 is 0 Å². The molecule has 1 heterocycles. The van der Waals surface area contributed by atoms with E-state index in [4.69, 9.17) is 4.42 Å². The molecule has 1 aromatic heterocycles. The largest absolute Gasteiger partial charge is 0.455 e. The summed E-state index contributed by atoms with van der Waals surface area (Å²) in [5, 5.41) is 7.18. The number of anilines is 3. The van der Waals surface area contributed by atoms with Gasteiger partial charge in [0.1, 0.15) is 11.2 Å². The molecule has 11 aromatic rings. The fourth-order valence-corrected chi connectivity index (χ4v) is 8.81. The highest BCUT2D eigenvalue weighted by molar-refractivity contribution is 6.15. The smallest absolute Gasteiger partial charge is 0.143 e. The quantitative estimate of drug-likeness (QED) is 0.151. The maximum absolute atomic E-state index is 6.70. The van der Waals surface area contributed by atoms with Crippen LogP contribution in [0.4, 0.5) is 17.1 Å². The Morgan fingerprint density at radius 2 is 0.810 bits per heavy atom. The van der Waals surface area contributed by atoms with Crippen LogP contribution in [0.2, 0.25) is 0 Å². The number of fused-ring (bicyclic) bond motifs is 6. The van der Waals surface area contributed by atoms with E-state index in [1.807, 2.05) is 6.07 Å². The van der Waals surface area contributed by atoms with Gasteiger partial charge in [-0.3, -0.25) is 0 Å². The second-order valence-electron chi connectivity index (χ2n) is 14.8. The van der Waals surface area contributed by atoms with E-state index in [1.165, 1.54) is 27.1 Å². The summed E-state index contributed by atoms with van der Waals surface area (Å²) >= 11 is 0. The fraction of sp³-hybridized carbons (Fsp3) is 0. The zero-order valence-corrected chi connectivity index (χ0v) is 31.7. The first kappa shape index (κ1) is 33.6. The molecule has 0 saturated carbocycles. The lowest BCUT2D eigenvalue weighted by atomic mass is 9.90. The van der Waals surface area contributed by atoms with Gasteiger partial charge in [0.15, 0.2) is 0 Å². The second kappa shape index (κ2) is 14.1. The zero-order valence-electron chi connectivity index (χ0n) is 31.7. The Morgan fingerprint density at radius 1 is 0.276 bits per heavy atom. The molecule has 0 saturated heterocycles. The van der Waals surface area contributed by atoms with E-state index in [0.717, 1.165) is 77.9 Å². The van der Waals surface area contributed by atoms with Crippen molar-refractivity contribution in [1.29, 1.82) is 0 Å². The van der Waals surface area contributed by atoms with Gasteiger partial charge in [0.25, 0.3) is 0 Å². The molecule has 0 bridgehead atoms. The van der Waals surface area contributed by atoms with Gasteiger partial charge >= 0.3 is 0 Å². The standard InChI is InChI=1S/C56H37NO/c1-3-18-38(19-4-1)43-24-11-14-31-52(43)57(53-32-15-12-27-47(53)49-29-17-30-50-48-28-13-16-33-55(48)58-56(49)50)54-37-41(34-35-44(54)39-20-5-2-6-21-39)51-36-40-22-7-8-23-42(40)45-25-9-10-26-46(45)51/h1-37H. The van der Waals surface area contributed by atoms with Gasteiger partial charge in [0, 0.05) is 33.0 Å². The molecule has 2 nitrogen and oxygen atoms in total. The van der Waals surface area contributed by atoms with Gasteiger partial charge in [-0.05, 0) is 74.1 Å². The van der Waals surface area contributed by atoms with Gasteiger partial charge in [-0.15, -0.1) is 0 Å². The number of para-hydroxylation sites is 4. The molecule has 0 fully saturated rings. The summed E-state index contributed by atoms with van der Waals surface area (Å²) in [6, 6.07) is 80.8. The van der Waals surface area contributed by atoms with E-state index in [-0.39, 0.29) is 0 Å². The first-order valence-electron chi connectivity index (χ1n) is 19.8. The molecule has 0 aliphatic rings. The van der Waals surface area contributed by atoms with E-state index in [2.05, 4.69) is 223 Å². The van der Waals surface area contributed by atoms with E-state index in [0.29, 0.717) is 0 Å². The average Bonchev–Trinajstić information content (AvgIpc) is 3.69. The zero-order chi connectivity index (χ0) is 38.4. The molecule has 0 unspecified atom stereocenters. The Balaban J connectivity index is 1.24. The van der Waals surface area contributed by atoms with Crippen molar-refractivity contribution in [3.05, 3.63) is 224 Å². The van der Waals surface area contributed by atoms with E-state index >= 15 is 0 Å². The van der Waals surface area contributed by atoms with Crippen LogP contribution in [0.3, 0.4) is 0 Å². The highest BCUT2D eigenvalue weighted by Gasteiger charge is 2.25. The van der Waals surface area contributed by atoms with Crippen molar-refractivity contribution in [3.63, 3.8) is 0 Å². The molecule has 0 aliphatic heterocycles. The van der Waals surface area contributed by atoms with Crippen molar-refractivity contribution in [1.82, 2.24) is 0 Å². The van der Waals surface area contributed by atoms with Crippen LogP contribution < -0.4 is 4.90 Å². The van der Waals surface area contributed by atoms with Crippen molar-refractivity contribution in [2.24, 2.45) is 0 Å². The lowest BCUT2D eigenvalue weighted by molar-refractivity contribution is 0.670. The van der Waals surface area contributed by atoms with E-state index in [1.54, 1.807) is 0 Å². The molecule has 0 aliphatic carbocycles. The van der Waals surface area contributed by atoms with Gasteiger partial charge in [-0.1, -0.05) is 194 Å². The number of nitrogens with zero attached hydrogens (tertiary/aromatic N) is 1. The number of rotatable bonds is 7. The minimum Gasteiger partial charge on any atom is -0.455 e. The number of furan rings is 1. The average molecular weight is 740 g/mol. The summed E-state index contributed by atoms with van der Waals surface area (Å²) in [6.45, 7) is 0. The second-order valence-corrected chi connectivity index (χ2v) is 14.8. The minimum absolute atomic E-state index is 0.882. The predicted molar refractivity (Wildman–Crippen MR) is 245 cm³/mol. The molecule has 58 heavy (non-hydrogen) atoms. The molecule has 11 rings (SSSR count). The topological polar surface area (TPSA) is 16.4 Å². The van der Waals surface area contributed by atoms with Crippen LogP contribution in [0.1, 0.15) is 0 Å². The summed E-state index contributed by atoms with van der Waals surface area (Å²) in [7, 11) is 0.